The first kappa shape index (κ1) is 8.82. The first-order valence-electron chi connectivity index (χ1n) is 4.69. The second-order valence-electron chi connectivity index (χ2n) is 4.76. The molecule has 0 aliphatic carbocycles. The third-order valence-electron chi connectivity index (χ3n) is 3.81. The summed E-state index contributed by atoms with van der Waals surface area (Å²) in [6, 6.07) is 4.17. The molecule has 1 unspecified atom stereocenters. The summed E-state index contributed by atoms with van der Waals surface area (Å²) in [4.78, 5) is 2.23. The summed E-state index contributed by atoms with van der Waals surface area (Å²) in [7, 11) is 4.21. The van der Waals surface area contributed by atoms with Crippen LogP contribution in [0.4, 0.5) is 0 Å². The maximum absolute atomic E-state index is 5.74. The molecule has 2 nitrogen and oxygen atoms in total. The summed E-state index contributed by atoms with van der Waals surface area (Å²) >= 11 is 0. The van der Waals surface area contributed by atoms with E-state index >= 15 is 0 Å². The van der Waals surface area contributed by atoms with Crippen LogP contribution in [0.15, 0.2) is 16.5 Å². The van der Waals surface area contributed by atoms with Gasteiger partial charge in [-0.3, -0.25) is 4.90 Å². The van der Waals surface area contributed by atoms with Gasteiger partial charge in [0, 0.05) is 5.41 Å². The second kappa shape index (κ2) is 2.18. The fraction of sp³-hybridized carbons (Fsp3) is 0.636. The SMILES string of the molecule is CN(C)C1(C)c2ccc(o2)C1(C)C. The smallest absolute Gasteiger partial charge is 0.125 e. The number of fused-ring (bicyclic) bond motifs is 2. The summed E-state index contributed by atoms with van der Waals surface area (Å²) < 4.78 is 5.74. The third kappa shape index (κ3) is 0.773. The fourth-order valence-electron chi connectivity index (χ4n) is 2.26. The maximum Gasteiger partial charge on any atom is 0.125 e. The topological polar surface area (TPSA) is 16.4 Å². The van der Waals surface area contributed by atoms with Gasteiger partial charge in [-0.1, -0.05) is 13.8 Å². The third-order valence-corrected chi connectivity index (χ3v) is 3.81. The van der Waals surface area contributed by atoms with Crippen molar-refractivity contribution in [1.82, 2.24) is 4.90 Å². The Bertz CT molecular complexity index is 338. The van der Waals surface area contributed by atoms with Gasteiger partial charge in [0.1, 0.15) is 11.5 Å². The van der Waals surface area contributed by atoms with Crippen LogP contribution in [0.25, 0.3) is 0 Å². The number of rotatable bonds is 1. The average molecular weight is 179 g/mol. The number of nitrogens with zero attached hydrogens (tertiary/aromatic N) is 1. The van der Waals surface area contributed by atoms with Crippen LogP contribution in [0.2, 0.25) is 0 Å². The largest absolute Gasteiger partial charge is 0.463 e. The molecule has 0 saturated carbocycles. The lowest BCUT2D eigenvalue weighted by atomic mass is 9.69. The van der Waals surface area contributed by atoms with E-state index < -0.39 is 0 Å². The van der Waals surface area contributed by atoms with Gasteiger partial charge in [0.2, 0.25) is 0 Å². The molecule has 0 radical (unpaired) electrons. The van der Waals surface area contributed by atoms with Gasteiger partial charge < -0.3 is 4.42 Å². The zero-order valence-electron chi connectivity index (χ0n) is 9.01. The minimum absolute atomic E-state index is 0.0110. The summed E-state index contributed by atoms with van der Waals surface area (Å²) in [6.07, 6.45) is 0. The van der Waals surface area contributed by atoms with Gasteiger partial charge in [0.15, 0.2) is 0 Å². The highest BCUT2D eigenvalue weighted by Crippen LogP contribution is 2.51. The minimum atomic E-state index is 0.0110. The summed E-state index contributed by atoms with van der Waals surface area (Å²) in [5.74, 6) is 2.18. The van der Waals surface area contributed by atoms with Crippen molar-refractivity contribution >= 4 is 0 Å². The van der Waals surface area contributed by atoms with Gasteiger partial charge in [-0.2, -0.15) is 0 Å². The van der Waals surface area contributed by atoms with Gasteiger partial charge in [0.25, 0.3) is 0 Å². The number of hydrogen-bond acceptors (Lipinski definition) is 2. The summed E-state index contributed by atoms with van der Waals surface area (Å²) in [5.41, 5.74) is 0.0949. The van der Waals surface area contributed by atoms with E-state index in [0.717, 1.165) is 11.5 Å². The Balaban J connectivity index is 2.59. The molecule has 1 aliphatic heterocycles. The van der Waals surface area contributed by atoms with Gasteiger partial charge in [-0.15, -0.1) is 0 Å². The molecule has 1 atom stereocenters. The molecule has 2 bridgehead atoms. The van der Waals surface area contributed by atoms with Crippen LogP contribution in [-0.2, 0) is 11.0 Å². The quantitative estimate of drug-likeness (QED) is 0.658. The average Bonchev–Trinajstić information content (AvgIpc) is 2.54. The Morgan fingerprint density at radius 2 is 1.62 bits per heavy atom. The van der Waals surface area contributed by atoms with Crippen LogP contribution < -0.4 is 0 Å². The van der Waals surface area contributed by atoms with E-state index in [4.69, 9.17) is 4.42 Å². The molecule has 0 N–H and O–H groups in total. The molecule has 1 aromatic rings. The van der Waals surface area contributed by atoms with Gasteiger partial charge >= 0.3 is 0 Å². The molecule has 0 fully saturated rings. The highest BCUT2D eigenvalue weighted by molar-refractivity contribution is 5.35. The van der Waals surface area contributed by atoms with E-state index in [2.05, 4.69) is 51.9 Å². The molecule has 13 heavy (non-hydrogen) atoms. The van der Waals surface area contributed by atoms with Crippen molar-refractivity contribution in [1.29, 1.82) is 0 Å². The summed E-state index contributed by atoms with van der Waals surface area (Å²) in [6.45, 7) is 6.70. The standard InChI is InChI=1S/C11H17NO/c1-10(2)8-6-7-9(13-8)11(10,3)12(4)5/h6-7H,1-5H3. The lowest BCUT2D eigenvalue weighted by Crippen LogP contribution is -2.50. The molecule has 1 aliphatic rings. The number of hydrogen-bond donors (Lipinski definition) is 0. The Morgan fingerprint density at radius 1 is 1.08 bits per heavy atom. The molecule has 0 saturated heterocycles. The van der Waals surface area contributed by atoms with Crippen molar-refractivity contribution in [2.24, 2.45) is 0 Å². The first-order chi connectivity index (χ1) is 5.90. The second-order valence-corrected chi connectivity index (χ2v) is 4.76. The molecule has 0 amide bonds. The van der Waals surface area contributed by atoms with E-state index in [9.17, 15) is 0 Å². The molecule has 2 heteroatoms. The maximum atomic E-state index is 5.74. The number of likely N-dealkylation sites (N-methyl/N-ethyl adjacent to an activating group) is 1. The van der Waals surface area contributed by atoms with Crippen LogP contribution in [0.1, 0.15) is 32.3 Å². The first-order valence-corrected chi connectivity index (χ1v) is 4.69. The Labute approximate surface area is 79.5 Å². The molecule has 0 aromatic carbocycles. The van der Waals surface area contributed by atoms with E-state index in [0.29, 0.717) is 0 Å². The van der Waals surface area contributed by atoms with E-state index in [-0.39, 0.29) is 11.0 Å². The van der Waals surface area contributed by atoms with Crippen molar-refractivity contribution in [3.8, 4) is 0 Å². The molecule has 72 valence electrons. The molecule has 1 aromatic heterocycles. The predicted octanol–water partition coefficient (Wildman–Crippen LogP) is 2.35. The van der Waals surface area contributed by atoms with Crippen molar-refractivity contribution in [2.45, 2.75) is 31.7 Å². The molecule has 2 rings (SSSR count). The molecular formula is C11H17NO. The predicted molar refractivity (Wildman–Crippen MR) is 52.8 cm³/mol. The Hall–Kier alpha value is -0.760. The van der Waals surface area contributed by atoms with E-state index in [1.807, 2.05) is 0 Å². The van der Waals surface area contributed by atoms with E-state index in [1.54, 1.807) is 0 Å². The zero-order valence-corrected chi connectivity index (χ0v) is 9.01. The number of furan rings is 1. The normalized spacial score (nSPS) is 30.0. The molecule has 0 spiro atoms. The molecular weight excluding hydrogens is 162 g/mol. The van der Waals surface area contributed by atoms with Crippen molar-refractivity contribution in [3.63, 3.8) is 0 Å². The van der Waals surface area contributed by atoms with Crippen molar-refractivity contribution in [3.05, 3.63) is 23.7 Å². The van der Waals surface area contributed by atoms with Crippen LogP contribution >= 0.6 is 0 Å². The van der Waals surface area contributed by atoms with Crippen molar-refractivity contribution < 1.29 is 4.42 Å². The van der Waals surface area contributed by atoms with Crippen LogP contribution in [-0.4, -0.2) is 19.0 Å². The monoisotopic (exact) mass is 179 g/mol. The lowest BCUT2D eigenvalue weighted by molar-refractivity contribution is 0.0907. The summed E-state index contributed by atoms with van der Waals surface area (Å²) in [5, 5.41) is 0. The molecule has 2 heterocycles. The van der Waals surface area contributed by atoms with Crippen LogP contribution in [0.3, 0.4) is 0 Å². The highest BCUT2D eigenvalue weighted by Gasteiger charge is 2.54. The zero-order chi connectivity index (χ0) is 9.85. The fourth-order valence-corrected chi connectivity index (χ4v) is 2.26. The van der Waals surface area contributed by atoms with Crippen LogP contribution in [0, 0.1) is 0 Å². The van der Waals surface area contributed by atoms with Gasteiger partial charge in [-0.25, -0.2) is 0 Å². The lowest BCUT2D eigenvalue weighted by Gasteiger charge is -2.43. The Morgan fingerprint density at radius 3 is 1.92 bits per heavy atom. The van der Waals surface area contributed by atoms with Gasteiger partial charge in [-0.05, 0) is 33.2 Å². The highest BCUT2D eigenvalue weighted by atomic mass is 16.4. The Kier molecular flexibility index (Phi) is 1.48. The van der Waals surface area contributed by atoms with E-state index in [1.165, 1.54) is 0 Å². The van der Waals surface area contributed by atoms with Crippen LogP contribution in [0.5, 0.6) is 0 Å². The van der Waals surface area contributed by atoms with Crippen molar-refractivity contribution in [2.75, 3.05) is 14.1 Å². The minimum Gasteiger partial charge on any atom is -0.463 e. The van der Waals surface area contributed by atoms with Gasteiger partial charge in [0.05, 0.1) is 5.54 Å².